The quantitative estimate of drug-likeness (QED) is 0.601. The predicted octanol–water partition coefficient (Wildman–Crippen LogP) is 1.21. The summed E-state index contributed by atoms with van der Waals surface area (Å²) in [6, 6.07) is 0. The number of carboxylic acids is 1. The van der Waals surface area contributed by atoms with E-state index in [2.05, 4.69) is 0 Å². The van der Waals surface area contributed by atoms with Gasteiger partial charge in [-0.1, -0.05) is 13.3 Å². The Morgan fingerprint density at radius 2 is 2.08 bits per heavy atom. The molecule has 0 amide bonds. The first-order valence-electron chi connectivity index (χ1n) is 4.06. The van der Waals surface area contributed by atoms with Crippen molar-refractivity contribution in [1.82, 2.24) is 0 Å². The average Bonchev–Trinajstić information content (AvgIpc) is 2.03. The summed E-state index contributed by atoms with van der Waals surface area (Å²) in [5.74, 6) is -1.50. The molecule has 0 aromatic heterocycles. The fourth-order valence-corrected chi connectivity index (χ4v) is 0.962. The Hall–Kier alpha value is -0.640. The smallest absolute Gasteiger partial charge is 0.332 e. The van der Waals surface area contributed by atoms with E-state index in [-0.39, 0.29) is 12.6 Å². The summed E-state index contributed by atoms with van der Waals surface area (Å²) >= 11 is 0. The highest BCUT2D eigenvalue weighted by molar-refractivity contribution is 5.72. The van der Waals surface area contributed by atoms with E-state index in [1.165, 1.54) is 0 Å². The summed E-state index contributed by atoms with van der Waals surface area (Å²) in [5, 5.41) is 17.4. The molecule has 0 bridgehead atoms. The Morgan fingerprint density at radius 3 is 2.50 bits per heavy atom. The fourth-order valence-electron chi connectivity index (χ4n) is 0.962. The first-order chi connectivity index (χ1) is 5.59. The zero-order chi connectivity index (χ0) is 9.56. The van der Waals surface area contributed by atoms with E-state index < -0.39 is 12.1 Å². The van der Waals surface area contributed by atoms with Crippen LogP contribution in [0.2, 0.25) is 0 Å². The van der Waals surface area contributed by atoms with Gasteiger partial charge in [0.25, 0.3) is 0 Å². The zero-order valence-corrected chi connectivity index (χ0v) is 7.16. The third-order valence-corrected chi connectivity index (χ3v) is 1.84. The van der Waals surface area contributed by atoms with E-state index >= 15 is 0 Å². The van der Waals surface area contributed by atoms with Crippen molar-refractivity contribution in [2.75, 3.05) is 6.67 Å². The van der Waals surface area contributed by atoms with Crippen LogP contribution in [0.4, 0.5) is 4.39 Å². The summed E-state index contributed by atoms with van der Waals surface area (Å²) in [6.45, 7) is 1.27. The molecular formula is C8H15FO3. The molecule has 0 aliphatic carbocycles. The van der Waals surface area contributed by atoms with Gasteiger partial charge in [0.05, 0.1) is 6.67 Å². The first kappa shape index (κ1) is 11.4. The number of hydrogen-bond donors (Lipinski definition) is 2. The number of unbranched alkanes of at least 4 members (excludes halogenated alkanes) is 1. The monoisotopic (exact) mass is 178 g/mol. The van der Waals surface area contributed by atoms with Gasteiger partial charge in [0.1, 0.15) is 0 Å². The molecule has 72 valence electrons. The van der Waals surface area contributed by atoms with Crippen LogP contribution in [-0.4, -0.2) is 29.0 Å². The summed E-state index contributed by atoms with van der Waals surface area (Å²) < 4.78 is 11.6. The van der Waals surface area contributed by atoms with Crippen molar-refractivity contribution in [1.29, 1.82) is 0 Å². The second kappa shape index (κ2) is 5.94. The zero-order valence-electron chi connectivity index (χ0n) is 7.16. The molecule has 12 heavy (non-hydrogen) atoms. The topological polar surface area (TPSA) is 57.5 Å². The lowest BCUT2D eigenvalue weighted by molar-refractivity contribution is -0.149. The Morgan fingerprint density at radius 1 is 1.50 bits per heavy atom. The Balaban J connectivity index is 3.56. The molecule has 0 spiro atoms. The Labute approximate surface area is 71.2 Å². The molecule has 0 aromatic carbocycles. The van der Waals surface area contributed by atoms with Crippen molar-refractivity contribution in [3.63, 3.8) is 0 Å². The molecule has 0 saturated heterocycles. The summed E-state index contributed by atoms with van der Waals surface area (Å²) in [4.78, 5) is 10.2. The van der Waals surface area contributed by atoms with Crippen LogP contribution in [0, 0.1) is 5.92 Å². The number of aliphatic carboxylic acids is 1. The molecule has 2 N–H and O–H groups in total. The first-order valence-corrected chi connectivity index (χ1v) is 4.06. The Bertz CT molecular complexity index is 138. The lowest BCUT2D eigenvalue weighted by Gasteiger charge is -2.13. The lowest BCUT2D eigenvalue weighted by Crippen LogP contribution is -2.27. The molecule has 4 heteroatoms. The number of hydrogen-bond acceptors (Lipinski definition) is 2. The molecule has 0 rings (SSSR count). The van der Waals surface area contributed by atoms with Crippen LogP contribution in [0.3, 0.4) is 0 Å². The van der Waals surface area contributed by atoms with Crippen LogP contribution in [0.15, 0.2) is 0 Å². The molecule has 2 atom stereocenters. The van der Waals surface area contributed by atoms with E-state index in [0.717, 1.165) is 0 Å². The highest BCUT2D eigenvalue weighted by Gasteiger charge is 2.20. The number of aliphatic hydroxyl groups excluding tert-OH is 1. The molecule has 0 saturated carbocycles. The summed E-state index contributed by atoms with van der Waals surface area (Å²) in [6.07, 6.45) is 0.306. The summed E-state index contributed by atoms with van der Waals surface area (Å²) in [5.41, 5.74) is 0. The van der Waals surface area contributed by atoms with Crippen LogP contribution in [0.1, 0.15) is 26.2 Å². The van der Waals surface area contributed by atoms with Crippen molar-refractivity contribution >= 4 is 5.97 Å². The van der Waals surface area contributed by atoms with E-state index in [4.69, 9.17) is 10.2 Å². The number of alkyl halides is 1. The van der Waals surface area contributed by atoms with Crippen molar-refractivity contribution in [2.24, 2.45) is 5.92 Å². The van der Waals surface area contributed by atoms with Gasteiger partial charge in [-0.2, -0.15) is 0 Å². The van der Waals surface area contributed by atoms with Crippen molar-refractivity contribution in [2.45, 2.75) is 32.3 Å². The van der Waals surface area contributed by atoms with Crippen LogP contribution in [0.25, 0.3) is 0 Å². The molecule has 3 nitrogen and oxygen atoms in total. The van der Waals surface area contributed by atoms with Crippen LogP contribution in [0.5, 0.6) is 0 Å². The maximum Gasteiger partial charge on any atom is 0.332 e. The number of carboxylic acid groups (broad SMARTS) is 1. The number of aliphatic hydroxyl groups is 1. The van der Waals surface area contributed by atoms with Crippen LogP contribution in [-0.2, 0) is 4.79 Å². The van der Waals surface area contributed by atoms with E-state index in [1.54, 1.807) is 6.92 Å². The Kier molecular flexibility index (Phi) is 5.62. The molecule has 0 aromatic rings. The fraction of sp³-hybridized carbons (Fsp3) is 0.875. The van der Waals surface area contributed by atoms with Gasteiger partial charge in [-0.3, -0.25) is 4.39 Å². The minimum Gasteiger partial charge on any atom is -0.479 e. The van der Waals surface area contributed by atoms with Crippen molar-refractivity contribution in [3.8, 4) is 0 Å². The minimum atomic E-state index is -1.32. The van der Waals surface area contributed by atoms with Gasteiger partial charge in [-0.05, 0) is 18.8 Å². The maximum absolute atomic E-state index is 11.6. The normalized spacial score (nSPS) is 15.6. The highest BCUT2D eigenvalue weighted by atomic mass is 19.1. The number of rotatable bonds is 6. The molecule has 0 aliphatic rings. The minimum absolute atomic E-state index is 0.297. The van der Waals surface area contributed by atoms with Gasteiger partial charge in [0.15, 0.2) is 6.10 Å². The maximum atomic E-state index is 11.6. The lowest BCUT2D eigenvalue weighted by atomic mass is 9.98. The molecule has 2 unspecified atom stereocenters. The van der Waals surface area contributed by atoms with Crippen molar-refractivity contribution in [3.05, 3.63) is 0 Å². The predicted molar refractivity (Wildman–Crippen MR) is 42.6 cm³/mol. The SMILES string of the molecule is CC(CCCCF)C(O)C(=O)O. The number of halogens is 1. The molecule has 0 radical (unpaired) electrons. The van der Waals surface area contributed by atoms with Gasteiger partial charge in [0.2, 0.25) is 0 Å². The highest BCUT2D eigenvalue weighted by Crippen LogP contribution is 2.12. The number of carbonyl (C=O) groups is 1. The summed E-state index contributed by atoms with van der Waals surface area (Å²) in [7, 11) is 0. The van der Waals surface area contributed by atoms with E-state index in [1.807, 2.05) is 0 Å². The third kappa shape index (κ3) is 4.28. The molecule has 0 fully saturated rings. The second-order valence-corrected chi connectivity index (χ2v) is 2.95. The average molecular weight is 178 g/mol. The molecule has 0 heterocycles. The third-order valence-electron chi connectivity index (χ3n) is 1.84. The second-order valence-electron chi connectivity index (χ2n) is 2.95. The van der Waals surface area contributed by atoms with Crippen LogP contribution >= 0.6 is 0 Å². The molecule has 0 aliphatic heterocycles. The van der Waals surface area contributed by atoms with Gasteiger partial charge in [0, 0.05) is 0 Å². The van der Waals surface area contributed by atoms with Crippen molar-refractivity contribution < 1.29 is 19.4 Å². The van der Waals surface area contributed by atoms with Crippen LogP contribution < -0.4 is 0 Å². The van der Waals surface area contributed by atoms with Gasteiger partial charge >= 0.3 is 5.97 Å². The largest absolute Gasteiger partial charge is 0.479 e. The van der Waals surface area contributed by atoms with E-state index in [0.29, 0.717) is 19.3 Å². The van der Waals surface area contributed by atoms with E-state index in [9.17, 15) is 9.18 Å². The molecular weight excluding hydrogens is 163 g/mol. The van der Waals surface area contributed by atoms with Gasteiger partial charge in [-0.25, -0.2) is 4.79 Å². The van der Waals surface area contributed by atoms with Gasteiger partial charge in [-0.15, -0.1) is 0 Å². The standard InChI is InChI=1S/C8H15FO3/c1-6(4-2-3-5-9)7(10)8(11)12/h6-7,10H,2-5H2,1H3,(H,11,12). The van der Waals surface area contributed by atoms with Gasteiger partial charge < -0.3 is 10.2 Å².